The van der Waals surface area contributed by atoms with Gasteiger partial charge in [0.05, 0.1) is 0 Å². The smallest absolute Gasteiger partial charge is 0.227 e. The SMILES string of the molecule is IOc1ccc(-c2nc3cc(N4CCN(CCC5=CC=CCC5)CC4)ccc3o2)cc1. The van der Waals surface area contributed by atoms with Gasteiger partial charge in [-0.05, 0) is 61.7 Å². The summed E-state index contributed by atoms with van der Waals surface area (Å²) in [6, 6.07) is 14.1. The molecule has 160 valence electrons. The maximum atomic E-state index is 5.99. The summed E-state index contributed by atoms with van der Waals surface area (Å²) < 4.78 is 11.2. The zero-order chi connectivity index (χ0) is 21.0. The molecule has 0 saturated carbocycles. The van der Waals surface area contributed by atoms with Crippen molar-refractivity contribution in [2.24, 2.45) is 0 Å². The zero-order valence-corrected chi connectivity index (χ0v) is 19.6. The van der Waals surface area contributed by atoms with E-state index in [4.69, 9.17) is 12.5 Å². The van der Waals surface area contributed by atoms with Crippen molar-refractivity contribution in [3.05, 3.63) is 66.3 Å². The van der Waals surface area contributed by atoms with Crippen LogP contribution in [0.4, 0.5) is 5.69 Å². The van der Waals surface area contributed by atoms with Crippen LogP contribution in [0.1, 0.15) is 19.3 Å². The van der Waals surface area contributed by atoms with E-state index in [1.54, 1.807) is 5.57 Å². The second-order valence-corrected chi connectivity index (χ2v) is 8.58. The molecule has 1 aliphatic carbocycles. The van der Waals surface area contributed by atoms with E-state index in [-0.39, 0.29) is 0 Å². The number of allylic oxidation sites excluding steroid dienone is 3. The first-order valence-electron chi connectivity index (χ1n) is 10.9. The van der Waals surface area contributed by atoms with Crippen LogP contribution in [0.15, 0.2) is 70.7 Å². The molecule has 3 aromatic rings. The number of hydrogen-bond acceptors (Lipinski definition) is 5. The molecule has 5 nitrogen and oxygen atoms in total. The molecule has 0 bridgehead atoms. The van der Waals surface area contributed by atoms with Crippen LogP contribution in [0, 0.1) is 0 Å². The van der Waals surface area contributed by atoms with Crippen LogP contribution >= 0.6 is 23.0 Å². The molecule has 31 heavy (non-hydrogen) atoms. The predicted molar refractivity (Wildman–Crippen MR) is 134 cm³/mol. The highest BCUT2D eigenvalue weighted by Gasteiger charge is 2.18. The Kier molecular flexibility index (Phi) is 6.27. The largest absolute Gasteiger partial charge is 0.436 e. The second kappa shape index (κ2) is 9.44. The Morgan fingerprint density at radius 3 is 2.61 bits per heavy atom. The molecule has 0 amide bonds. The molecule has 0 atom stereocenters. The van der Waals surface area contributed by atoms with Crippen LogP contribution in [0.3, 0.4) is 0 Å². The van der Waals surface area contributed by atoms with Gasteiger partial charge in [-0.2, -0.15) is 0 Å². The number of halogens is 1. The van der Waals surface area contributed by atoms with E-state index in [0.29, 0.717) is 5.89 Å². The van der Waals surface area contributed by atoms with Crippen molar-refractivity contribution < 1.29 is 7.48 Å². The van der Waals surface area contributed by atoms with Crippen LogP contribution in [-0.4, -0.2) is 42.6 Å². The van der Waals surface area contributed by atoms with E-state index in [1.165, 1.54) is 31.5 Å². The molecular formula is C25H26IN3O2. The first-order valence-corrected chi connectivity index (χ1v) is 11.8. The standard InChI is InChI=1S/C25H26IN3O2/c26-31-22-9-6-20(7-10-22)25-27-23-18-21(8-11-24(23)30-25)29-16-14-28(15-17-29)13-12-19-4-2-1-3-5-19/h1-2,4,6-11,18H,3,5,12-17H2. The molecule has 2 aliphatic rings. The number of hydrogen-bond donors (Lipinski definition) is 0. The summed E-state index contributed by atoms with van der Waals surface area (Å²) in [5.74, 6) is 1.46. The molecule has 0 N–H and O–H groups in total. The maximum Gasteiger partial charge on any atom is 0.227 e. The summed E-state index contributed by atoms with van der Waals surface area (Å²) in [6.07, 6.45) is 10.4. The molecule has 2 heterocycles. The number of aromatic nitrogens is 1. The number of piperazine rings is 1. The van der Waals surface area contributed by atoms with E-state index in [0.717, 1.165) is 48.6 Å². The summed E-state index contributed by atoms with van der Waals surface area (Å²) >= 11 is 1.88. The highest BCUT2D eigenvalue weighted by atomic mass is 127. The third-order valence-corrected chi connectivity index (χ3v) is 6.66. The molecule has 0 unspecified atom stereocenters. The Bertz CT molecular complexity index is 1100. The summed E-state index contributed by atoms with van der Waals surface area (Å²) in [6.45, 7) is 5.48. The number of oxazole rings is 1. The Hall–Kier alpha value is -2.32. The van der Waals surface area contributed by atoms with Crippen molar-refractivity contribution in [3.63, 3.8) is 0 Å². The molecule has 1 aromatic heterocycles. The monoisotopic (exact) mass is 527 g/mol. The van der Waals surface area contributed by atoms with Gasteiger partial charge in [0.15, 0.2) is 28.6 Å². The van der Waals surface area contributed by atoms with Gasteiger partial charge < -0.3 is 12.4 Å². The summed E-state index contributed by atoms with van der Waals surface area (Å²) in [5, 5.41) is 0. The third-order valence-electron chi connectivity index (χ3n) is 6.15. The molecular weight excluding hydrogens is 501 g/mol. The van der Waals surface area contributed by atoms with Crippen LogP contribution in [0.5, 0.6) is 5.75 Å². The molecule has 0 spiro atoms. The molecule has 2 aromatic carbocycles. The van der Waals surface area contributed by atoms with E-state index in [1.807, 2.05) is 53.3 Å². The minimum Gasteiger partial charge on any atom is -0.436 e. The van der Waals surface area contributed by atoms with E-state index in [2.05, 4.69) is 40.2 Å². The first kappa shape index (κ1) is 20.6. The first-order chi connectivity index (χ1) is 15.3. The minimum atomic E-state index is 0.642. The second-order valence-electron chi connectivity index (χ2n) is 8.14. The fourth-order valence-electron chi connectivity index (χ4n) is 4.28. The fraction of sp³-hybridized carbons (Fsp3) is 0.320. The van der Waals surface area contributed by atoms with Crippen LogP contribution in [-0.2, 0) is 0 Å². The van der Waals surface area contributed by atoms with Gasteiger partial charge >= 0.3 is 0 Å². The van der Waals surface area contributed by atoms with Crippen molar-refractivity contribution in [1.82, 2.24) is 9.88 Å². The Balaban J connectivity index is 1.22. The van der Waals surface area contributed by atoms with Crippen molar-refractivity contribution in [3.8, 4) is 17.2 Å². The van der Waals surface area contributed by atoms with Gasteiger partial charge in [-0.25, -0.2) is 4.98 Å². The normalized spacial score (nSPS) is 17.2. The summed E-state index contributed by atoms with van der Waals surface area (Å²) in [4.78, 5) is 9.78. The predicted octanol–water partition coefficient (Wildman–Crippen LogP) is 6.01. The van der Waals surface area contributed by atoms with Gasteiger partial charge in [0.2, 0.25) is 5.89 Å². The Morgan fingerprint density at radius 2 is 1.87 bits per heavy atom. The maximum absolute atomic E-state index is 5.99. The average molecular weight is 527 g/mol. The van der Waals surface area contributed by atoms with E-state index >= 15 is 0 Å². The fourth-order valence-corrected chi connectivity index (χ4v) is 4.57. The van der Waals surface area contributed by atoms with Crippen molar-refractivity contribution in [2.45, 2.75) is 19.3 Å². The van der Waals surface area contributed by atoms with E-state index in [9.17, 15) is 0 Å². The van der Waals surface area contributed by atoms with Crippen molar-refractivity contribution >= 4 is 39.8 Å². The van der Waals surface area contributed by atoms with Crippen molar-refractivity contribution in [1.29, 1.82) is 0 Å². The number of benzene rings is 2. The van der Waals surface area contributed by atoms with Gasteiger partial charge in [-0.3, -0.25) is 4.90 Å². The highest BCUT2D eigenvalue weighted by Crippen LogP contribution is 2.29. The zero-order valence-electron chi connectivity index (χ0n) is 17.5. The topological polar surface area (TPSA) is 41.7 Å². The number of anilines is 1. The van der Waals surface area contributed by atoms with Crippen LogP contribution in [0.2, 0.25) is 0 Å². The molecule has 6 heteroatoms. The molecule has 1 saturated heterocycles. The van der Waals surface area contributed by atoms with Gasteiger partial charge in [-0.15, -0.1) is 0 Å². The lowest BCUT2D eigenvalue weighted by Gasteiger charge is -2.36. The van der Waals surface area contributed by atoms with Gasteiger partial charge in [0.25, 0.3) is 0 Å². The highest BCUT2D eigenvalue weighted by molar-refractivity contribution is 14.1. The Labute approximate surface area is 197 Å². The van der Waals surface area contributed by atoms with Gasteiger partial charge in [0, 0.05) is 44.0 Å². The Morgan fingerprint density at radius 1 is 1.03 bits per heavy atom. The number of rotatable bonds is 6. The van der Waals surface area contributed by atoms with Crippen LogP contribution < -0.4 is 7.97 Å². The molecule has 5 rings (SSSR count). The lowest BCUT2D eigenvalue weighted by Crippen LogP contribution is -2.46. The average Bonchev–Trinajstić information content (AvgIpc) is 3.27. The molecule has 1 aliphatic heterocycles. The van der Waals surface area contributed by atoms with Gasteiger partial charge in [0.1, 0.15) is 11.3 Å². The summed E-state index contributed by atoms with van der Waals surface area (Å²) in [5.41, 5.74) is 5.49. The molecule has 1 fully saturated rings. The quantitative estimate of drug-likeness (QED) is 0.368. The molecule has 0 radical (unpaired) electrons. The van der Waals surface area contributed by atoms with Crippen LogP contribution in [0.25, 0.3) is 22.6 Å². The van der Waals surface area contributed by atoms with Gasteiger partial charge in [-0.1, -0.05) is 23.8 Å². The van der Waals surface area contributed by atoms with E-state index < -0.39 is 0 Å². The minimum absolute atomic E-state index is 0.642. The lowest BCUT2D eigenvalue weighted by molar-refractivity contribution is 0.260. The summed E-state index contributed by atoms with van der Waals surface area (Å²) in [7, 11) is 0. The number of nitrogens with zero attached hydrogens (tertiary/aromatic N) is 3. The third kappa shape index (κ3) is 4.80. The lowest BCUT2D eigenvalue weighted by atomic mass is 10.0. The number of fused-ring (bicyclic) bond motifs is 1. The van der Waals surface area contributed by atoms with Crippen molar-refractivity contribution in [2.75, 3.05) is 37.6 Å².